The molecule has 0 radical (unpaired) electrons. The smallest absolute Gasteiger partial charge is 0.127 e. The summed E-state index contributed by atoms with van der Waals surface area (Å²) < 4.78 is 11.7. The summed E-state index contributed by atoms with van der Waals surface area (Å²) in [6, 6.07) is 8.41. The zero-order valence-corrected chi connectivity index (χ0v) is 30.8. The predicted octanol–water partition coefficient (Wildman–Crippen LogP) is 11.2. The number of rotatable bonds is 4. The molecule has 2 heterocycles. The molecule has 4 nitrogen and oxygen atoms in total. The van der Waals surface area contributed by atoms with E-state index >= 15 is 0 Å². The number of benzene rings is 2. The van der Waals surface area contributed by atoms with Crippen molar-refractivity contribution in [1.29, 1.82) is 0 Å². The molecule has 0 N–H and O–H groups in total. The van der Waals surface area contributed by atoms with Crippen LogP contribution in [-0.4, -0.2) is 38.9 Å². The molecule has 0 saturated carbocycles. The summed E-state index contributed by atoms with van der Waals surface area (Å²) in [6.45, 7) is 39.4. The van der Waals surface area contributed by atoms with Crippen molar-refractivity contribution >= 4 is 11.4 Å². The van der Waals surface area contributed by atoms with Crippen LogP contribution in [0.15, 0.2) is 24.3 Å². The summed E-state index contributed by atoms with van der Waals surface area (Å²) in [5, 5.41) is 0. The maximum Gasteiger partial charge on any atom is 0.127 e. The fourth-order valence-electron chi connectivity index (χ4n) is 4.83. The Morgan fingerprint density at radius 3 is 1.54 bits per heavy atom. The molecular formula is C37H70N2O2. The maximum atomic E-state index is 6.44. The first-order valence-corrected chi connectivity index (χ1v) is 16.8. The van der Waals surface area contributed by atoms with Gasteiger partial charge in [-0.2, -0.15) is 0 Å². The minimum absolute atomic E-state index is 0.0595. The highest BCUT2D eigenvalue weighted by molar-refractivity contribution is 5.70. The minimum Gasteiger partial charge on any atom is -0.497 e. The van der Waals surface area contributed by atoms with Crippen molar-refractivity contribution < 1.29 is 9.47 Å². The molecule has 1 atom stereocenters. The van der Waals surface area contributed by atoms with E-state index in [0.717, 1.165) is 50.5 Å². The number of nitrogens with zero attached hydrogens (tertiary/aromatic N) is 2. The van der Waals surface area contributed by atoms with Gasteiger partial charge in [0.15, 0.2) is 0 Å². The lowest BCUT2D eigenvalue weighted by Gasteiger charge is -2.39. The van der Waals surface area contributed by atoms with Crippen molar-refractivity contribution in [3.05, 3.63) is 46.5 Å². The number of hydrogen-bond acceptors (Lipinski definition) is 4. The lowest BCUT2D eigenvalue weighted by atomic mass is 9.90. The Bertz CT molecular complexity index is 900. The lowest BCUT2D eigenvalue weighted by molar-refractivity contribution is 0.111. The van der Waals surface area contributed by atoms with Gasteiger partial charge in [0.2, 0.25) is 0 Å². The van der Waals surface area contributed by atoms with Gasteiger partial charge in [0.25, 0.3) is 0 Å². The molecule has 4 rings (SSSR count). The summed E-state index contributed by atoms with van der Waals surface area (Å²) >= 11 is 0. The van der Waals surface area contributed by atoms with E-state index in [4.69, 9.17) is 9.47 Å². The molecule has 2 aliphatic heterocycles. The SMILES string of the molecule is CC.CC.CC.CC.CC.CC.CCC1(C)Cc2c(C)c(N3CCN(c4ccc(OC)cc4)CC3)c(C)c(C)c2O1. The van der Waals surface area contributed by atoms with Crippen LogP contribution in [0.5, 0.6) is 11.5 Å². The van der Waals surface area contributed by atoms with Crippen molar-refractivity contribution in [2.75, 3.05) is 43.1 Å². The molecule has 0 aromatic heterocycles. The third-order valence-electron chi connectivity index (χ3n) is 7.02. The molecule has 0 bridgehead atoms. The average Bonchev–Trinajstić information content (AvgIpc) is 3.45. The second-order valence-electron chi connectivity index (χ2n) is 8.79. The highest BCUT2D eigenvalue weighted by atomic mass is 16.5. The van der Waals surface area contributed by atoms with Gasteiger partial charge < -0.3 is 19.3 Å². The average molecular weight is 575 g/mol. The number of ether oxygens (including phenoxy) is 2. The van der Waals surface area contributed by atoms with E-state index in [-0.39, 0.29) is 5.60 Å². The van der Waals surface area contributed by atoms with E-state index in [1.165, 1.54) is 33.6 Å². The van der Waals surface area contributed by atoms with Crippen molar-refractivity contribution in [2.24, 2.45) is 0 Å². The van der Waals surface area contributed by atoms with Crippen molar-refractivity contribution in [2.45, 2.75) is 136 Å². The van der Waals surface area contributed by atoms with E-state index in [0.29, 0.717) is 0 Å². The third kappa shape index (κ3) is 11.4. The summed E-state index contributed by atoms with van der Waals surface area (Å²) in [5.41, 5.74) is 8.17. The van der Waals surface area contributed by atoms with E-state index in [1.54, 1.807) is 7.11 Å². The number of methoxy groups -OCH3 is 1. The van der Waals surface area contributed by atoms with Gasteiger partial charge in [-0.3, -0.25) is 0 Å². The van der Waals surface area contributed by atoms with Crippen LogP contribution in [-0.2, 0) is 6.42 Å². The van der Waals surface area contributed by atoms with Gasteiger partial charge in [-0.15, -0.1) is 0 Å². The molecule has 2 aromatic rings. The second kappa shape index (κ2) is 24.3. The largest absolute Gasteiger partial charge is 0.497 e. The quantitative estimate of drug-likeness (QED) is 0.362. The fourth-order valence-corrected chi connectivity index (χ4v) is 4.83. The van der Waals surface area contributed by atoms with Crippen LogP contribution in [0.1, 0.15) is 126 Å². The molecule has 1 fully saturated rings. The Morgan fingerprint density at radius 1 is 0.683 bits per heavy atom. The Labute approximate surface area is 257 Å². The molecule has 1 unspecified atom stereocenters. The number of hydrogen-bond donors (Lipinski definition) is 0. The highest BCUT2D eigenvalue weighted by Crippen LogP contribution is 2.46. The monoisotopic (exact) mass is 575 g/mol. The number of fused-ring (bicyclic) bond motifs is 1. The summed E-state index contributed by atoms with van der Waals surface area (Å²) in [6.07, 6.45) is 2.06. The van der Waals surface area contributed by atoms with E-state index in [9.17, 15) is 0 Å². The third-order valence-corrected chi connectivity index (χ3v) is 7.02. The van der Waals surface area contributed by atoms with Crippen molar-refractivity contribution in [3.8, 4) is 11.5 Å². The first-order chi connectivity index (χ1) is 19.9. The summed E-state index contributed by atoms with van der Waals surface area (Å²) in [7, 11) is 1.71. The Balaban J connectivity index is -0.00000107. The van der Waals surface area contributed by atoms with Gasteiger partial charge in [0.05, 0.1) is 7.11 Å². The molecule has 0 aliphatic carbocycles. The van der Waals surface area contributed by atoms with Crippen LogP contribution in [0, 0.1) is 20.8 Å². The number of piperazine rings is 1. The first-order valence-electron chi connectivity index (χ1n) is 16.8. The van der Waals surface area contributed by atoms with Gasteiger partial charge >= 0.3 is 0 Å². The van der Waals surface area contributed by atoms with Crippen molar-refractivity contribution in [1.82, 2.24) is 0 Å². The fraction of sp³-hybridized carbons (Fsp3) is 0.676. The summed E-state index contributed by atoms with van der Waals surface area (Å²) in [5.74, 6) is 2.05. The van der Waals surface area contributed by atoms with E-state index < -0.39 is 0 Å². The van der Waals surface area contributed by atoms with Crippen LogP contribution >= 0.6 is 0 Å². The van der Waals surface area contributed by atoms with Gasteiger partial charge in [-0.1, -0.05) is 90.0 Å². The summed E-state index contributed by atoms with van der Waals surface area (Å²) in [4.78, 5) is 5.05. The predicted molar refractivity (Wildman–Crippen MR) is 189 cm³/mol. The molecular weight excluding hydrogens is 504 g/mol. The zero-order valence-electron chi connectivity index (χ0n) is 30.8. The molecule has 41 heavy (non-hydrogen) atoms. The van der Waals surface area contributed by atoms with Crippen LogP contribution in [0.25, 0.3) is 0 Å². The normalized spacial score (nSPS) is 15.9. The molecule has 2 aliphatic rings. The Kier molecular flexibility index (Phi) is 25.5. The molecule has 4 heteroatoms. The topological polar surface area (TPSA) is 24.9 Å². The van der Waals surface area contributed by atoms with E-state index in [1.807, 2.05) is 95.2 Å². The lowest BCUT2D eigenvalue weighted by Crippen LogP contribution is -2.47. The van der Waals surface area contributed by atoms with Crippen LogP contribution in [0.4, 0.5) is 11.4 Å². The second-order valence-corrected chi connectivity index (χ2v) is 8.79. The van der Waals surface area contributed by atoms with Gasteiger partial charge in [0.1, 0.15) is 17.1 Å². The standard InChI is InChI=1S/C25H34N2O2.6C2H6/c1-7-25(5)16-22-19(4)23(17(2)18(3)24(22)29-25)27-14-12-26(13-15-27)20-8-10-21(28-6)11-9-20;6*1-2/h8-11H,7,12-16H2,1-6H3;6*1-2H3. The van der Waals surface area contributed by atoms with Crippen LogP contribution in [0.3, 0.4) is 0 Å². The van der Waals surface area contributed by atoms with Gasteiger partial charge in [-0.25, -0.2) is 0 Å². The van der Waals surface area contributed by atoms with Crippen molar-refractivity contribution in [3.63, 3.8) is 0 Å². The van der Waals surface area contributed by atoms with Gasteiger partial charge in [-0.05, 0) is 75.1 Å². The molecule has 0 spiro atoms. The maximum absolute atomic E-state index is 6.44. The molecule has 2 aromatic carbocycles. The highest BCUT2D eigenvalue weighted by Gasteiger charge is 2.37. The molecule has 1 saturated heterocycles. The van der Waals surface area contributed by atoms with Gasteiger partial charge in [0, 0.05) is 49.5 Å². The molecule has 0 amide bonds. The Hall–Kier alpha value is -2.36. The van der Waals surface area contributed by atoms with E-state index in [2.05, 4.69) is 56.6 Å². The van der Waals surface area contributed by atoms with Crippen LogP contribution in [0.2, 0.25) is 0 Å². The zero-order chi connectivity index (χ0) is 32.8. The molecule has 240 valence electrons. The van der Waals surface area contributed by atoms with Crippen LogP contribution < -0.4 is 19.3 Å². The Morgan fingerprint density at radius 2 is 1.12 bits per heavy atom. The first kappa shape index (κ1) is 43.1. The number of anilines is 2. The minimum atomic E-state index is -0.0595.